The third-order valence-corrected chi connectivity index (χ3v) is 3.38. The number of aromatic nitrogens is 2. The molecule has 0 aliphatic rings. The first kappa shape index (κ1) is 13.9. The molecule has 6 heteroatoms. The van der Waals surface area contributed by atoms with E-state index in [0.29, 0.717) is 33.7 Å². The molecule has 0 unspecified atom stereocenters. The van der Waals surface area contributed by atoms with E-state index in [1.54, 1.807) is 35.9 Å². The van der Waals surface area contributed by atoms with Crippen LogP contribution >= 0.6 is 23.2 Å². The van der Waals surface area contributed by atoms with Crippen molar-refractivity contribution in [1.82, 2.24) is 9.78 Å². The number of hydrogen-bond donors (Lipinski definition) is 1. The summed E-state index contributed by atoms with van der Waals surface area (Å²) < 4.78 is 1.59. The maximum atomic E-state index is 12.2. The van der Waals surface area contributed by atoms with Gasteiger partial charge >= 0.3 is 0 Å². The summed E-state index contributed by atoms with van der Waals surface area (Å²) in [5, 5.41) is 7.98. The molecule has 2 aromatic rings. The molecular formula is C13H13Cl2N3O. The van der Waals surface area contributed by atoms with Gasteiger partial charge in [0.25, 0.3) is 5.91 Å². The number of aryl methyl sites for hydroxylation is 2. The molecule has 0 spiro atoms. The topological polar surface area (TPSA) is 46.9 Å². The minimum atomic E-state index is -0.283. The summed E-state index contributed by atoms with van der Waals surface area (Å²) in [5.74, 6) is -0.283. The molecule has 1 aromatic heterocycles. The van der Waals surface area contributed by atoms with E-state index in [4.69, 9.17) is 23.2 Å². The Balaban J connectivity index is 2.27. The Morgan fingerprint density at radius 3 is 2.53 bits per heavy atom. The minimum absolute atomic E-state index is 0.283. The van der Waals surface area contributed by atoms with E-state index in [9.17, 15) is 4.79 Å². The highest BCUT2D eigenvalue weighted by atomic mass is 35.5. The van der Waals surface area contributed by atoms with Gasteiger partial charge in [0.2, 0.25) is 0 Å². The summed E-state index contributed by atoms with van der Waals surface area (Å²) in [4.78, 5) is 12.2. The molecule has 4 nitrogen and oxygen atoms in total. The number of halogens is 2. The lowest BCUT2D eigenvalue weighted by atomic mass is 10.3. The fourth-order valence-electron chi connectivity index (χ4n) is 1.73. The second-order valence-corrected chi connectivity index (χ2v) is 4.84. The zero-order chi connectivity index (χ0) is 14.0. The molecule has 0 saturated carbocycles. The Morgan fingerprint density at radius 2 is 1.95 bits per heavy atom. The van der Waals surface area contributed by atoms with Crippen LogP contribution in [0.2, 0.25) is 10.0 Å². The molecule has 0 bridgehead atoms. The van der Waals surface area contributed by atoms with Crippen molar-refractivity contribution in [3.63, 3.8) is 0 Å². The maximum absolute atomic E-state index is 12.2. The van der Waals surface area contributed by atoms with Gasteiger partial charge < -0.3 is 5.32 Å². The van der Waals surface area contributed by atoms with Gasteiger partial charge in [0.05, 0.1) is 10.7 Å². The Hall–Kier alpha value is -1.52. The summed E-state index contributed by atoms with van der Waals surface area (Å²) in [5.41, 5.74) is 1.67. The first-order valence-corrected chi connectivity index (χ1v) is 6.58. The highest BCUT2D eigenvalue weighted by molar-refractivity contribution is 6.34. The van der Waals surface area contributed by atoms with E-state index in [1.807, 2.05) is 6.92 Å². The van der Waals surface area contributed by atoms with Crippen molar-refractivity contribution in [2.75, 3.05) is 5.32 Å². The number of rotatable bonds is 3. The van der Waals surface area contributed by atoms with E-state index in [1.165, 1.54) is 0 Å². The van der Waals surface area contributed by atoms with Gasteiger partial charge in [-0.1, -0.05) is 23.2 Å². The van der Waals surface area contributed by atoms with Gasteiger partial charge in [-0.2, -0.15) is 5.10 Å². The Morgan fingerprint density at radius 1 is 1.32 bits per heavy atom. The number of amides is 1. The van der Waals surface area contributed by atoms with E-state index in [2.05, 4.69) is 10.4 Å². The van der Waals surface area contributed by atoms with Crippen molar-refractivity contribution < 1.29 is 4.79 Å². The Kier molecular flexibility index (Phi) is 4.12. The molecule has 1 heterocycles. The van der Waals surface area contributed by atoms with Crippen LogP contribution in [0.5, 0.6) is 0 Å². The Bertz CT molecular complexity index is 605. The van der Waals surface area contributed by atoms with Crippen molar-refractivity contribution in [2.45, 2.75) is 20.4 Å². The average molecular weight is 298 g/mol. The van der Waals surface area contributed by atoms with Crippen molar-refractivity contribution in [3.05, 3.63) is 45.7 Å². The van der Waals surface area contributed by atoms with Gasteiger partial charge in [0.15, 0.2) is 0 Å². The van der Waals surface area contributed by atoms with Crippen LogP contribution in [0, 0.1) is 6.92 Å². The number of carbonyl (C=O) groups is 1. The number of nitrogens with one attached hydrogen (secondary N) is 1. The van der Waals surface area contributed by atoms with Crippen LogP contribution in [0.3, 0.4) is 0 Å². The molecule has 1 aromatic carbocycles. The van der Waals surface area contributed by atoms with Gasteiger partial charge in [-0.05, 0) is 38.1 Å². The summed E-state index contributed by atoms with van der Waals surface area (Å²) >= 11 is 11.9. The second-order valence-electron chi connectivity index (χ2n) is 4.02. The van der Waals surface area contributed by atoms with Crippen molar-refractivity contribution in [1.29, 1.82) is 0 Å². The van der Waals surface area contributed by atoms with Crippen LogP contribution < -0.4 is 5.32 Å². The molecule has 0 saturated heterocycles. The summed E-state index contributed by atoms with van der Waals surface area (Å²) in [6.07, 6.45) is 0. The molecule has 0 fully saturated rings. The molecule has 1 N–H and O–H groups in total. The van der Waals surface area contributed by atoms with E-state index in [0.717, 1.165) is 0 Å². The smallest absolute Gasteiger partial charge is 0.275 e. The number of nitrogens with zero attached hydrogens (tertiary/aromatic N) is 2. The van der Waals surface area contributed by atoms with Gasteiger partial charge in [-0.3, -0.25) is 9.48 Å². The van der Waals surface area contributed by atoms with Crippen molar-refractivity contribution in [2.24, 2.45) is 0 Å². The molecule has 2 rings (SSSR count). The predicted octanol–water partition coefficient (Wildman–Crippen LogP) is 3.77. The standard InChI is InChI=1S/C13H13Cl2N3O/c1-3-18-12(11(15)8(2)17-18)13(19)16-10-6-4-9(14)5-7-10/h4-7H,3H2,1-2H3,(H,16,19). The van der Waals surface area contributed by atoms with E-state index < -0.39 is 0 Å². The van der Waals surface area contributed by atoms with E-state index in [-0.39, 0.29) is 5.91 Å². The first-order chi connectivity index (χ1) is 9.02. The number of anilines is 1. The quantitative estimate of drug-likeness (QED) is 0.937. The van der Waals surface area contributed by atoms with Crippen molar-refractivity contribution in [3.8, 4) is 0 Å². The van der Waals surface area contributed by atoms with Crippen LogP contribution in [0.15, 0.2) is 24.3 Å². The lowest BCUT2D eigenvalue weighted by Gasteiger charge is -2.07. The van der Waals surface area contributed by atoms with Crippen molar-refractivity contribution >= 4 is 34.8 Å². The SMILES string of the molecule is CCn1nc(C)c(Cl)c1C(=O)Nc1ccc(Cl)cc1. The van der Waals surface area contributed by atoms with E-state index >= 15 is 0 Å². The summed E-state index contributed by atoms with van der Waals surface area (Å²) in [6.45, 7) is 4.26. The Labute approximate surface area is 121 Å². The highest BCUT2D eigenvalue weighted by Gasteiger charge is 2.19. The zero-order valence-electron chi connectivity index (χ0n) is 10.6. The molecule has 0 aliphatic heterocycles. The van der Waals surface area contributed by atoms with Crippen LogP contribution in [0.25, 0.3) is 0 Å². The predicted molar refractivity (Wildman–Crippen MR) is 77.1 cm³/mol. The van der Waals surface area contributed by atoms with Crippen LogP contribution in [-0.2, 0) is 6.54 Å². The van der Waals surface area contributed by atoms with Crippen LogP contribution in [0.1, 0.15) is 23.1 Å². The molecule has 19 heavy (non-hydrogen) atoms. The lowest BCUT2D eigenvalue weighted by Crippen LogP contribution is -2.17. The molecule has 1 amide bonds. The maximum Gasteiger partial charge on any atom is 0.275 e. The molecule has 0 atom stereocenters. The lowest BCUT2D eigenvalue weighted by molar-refractivity contribution is 0.101. The third kappa shape index (κ3) is 2.91. The number of carbonyl (C=O) groups excluding carboxylic acids is 1. The van der Waals surface area contributed by atoms with Crippen LogP contribution in [-0.4, -0.2) is 15.7 Å². The zero-order valence-corrected chi connectivity index (χ0v) is 12.1. The third-order valence-electron chi connectivity index (χ3n) is 2.67. The average Bonchev–Trinajstić information content (AvgIpc) is 2.68. The minimum Gasteiger partial charge on any atom is -0.321 e. The highest BCUT2D eigenvalue weighted by Crippen LogP contribution is 2.22. The van der Waals surface area contributed by atoms with Crippen LogP contribution in [0.4, 0.5) is 5.69 Å². The number of benzene rings is 1. The largest absolute Gasteiger partial charge is 0.321 e. The summed E-state index contributed by atoms with van der Waals surface area (Å²) in [7, 11) is 0. The molecule has 0 radical (unpaired) electrons. The molecule has 100 valence electrons. The van der Waals surface area contributed by atoms with Gasteiger partial charge in [0, 0.05) is 17.3 Å². The summed E-state index contributed by atoms with van der Waals surface area (Å²) in [6, 6.07) is 6.88. The van der Waals surface area contributed by atoms with Gasteiger partial charge in [-0.25, -0.2) is 0 Å². The first-order valence-electron chi connectivity index (χ1n) is 5.82. The van der Waals surface area contributed by atoms with Gasteiger partial charge in [0.1, 0.15) is 5.69 Å². The second kappa shape index (κ2) is 5.63. The fraction of sp³-hybridized carbons (Fsp3) is 0.231. The van der Waals surface area contributed by atoms with Gasteiger partial charge in [-0.15, -0.1) is 0 Å². The molecule has 0 aliphatic carbocycles. The number of hydrogen-bond acceptors (Lipinski definition) is 2. The molecular weight excluding hydrogens is 285 g/mol. The normalized spacial score (nSPS) is 10.5. The monoisotopic (exact) mass is 297 g/mol. The fourth-order valence-corrected chi connectivity index (χ4v) is 2.08.